The minimum atomic E-state index is 0.0158. The Kier molecular flexibility index (Phi) is 6.84. The third kappa shape index (κ3) is 6.17. The number of nitrogens with one attached hydrogen (secondary N) is 1. The van der Waals surface area contributed by atoms with E-state index in [1.54, 1.807) is 12.3 Å². The van der Waals surface area contributed by atoms with Gasteiger partial charge in [0.05, 0.1) is 6.61 Å². The Morgan fingerprint density at radius 2 is 2.37 bits per heavy atom. The van der Waals surface area contributed by atoms with Crippen molar-refractivity contribution in [2.45, 2.75) is 20.4 Å². The molecule has 1 heterocycles. The highest BCUT2D eigenvalue weighted by molar-refractivity contribution is 5.95. The van der Waals surface area contributed by atoms with E-state index in [0.717, 1.165) is 18.7 Å². The average Bonchev–Trinajstić information content (AvgIpc) is 2.41. The molecule has 0 saturated carbocycles. The summed E-state index contributed by atoms with van der Waals surface area (Å²) in [6.07, 6.45) is 1.64. The monoisotopic (exact) mass is 266 g/mol. The maximum Gasteiger partial charge on any atom is 0.188 e. The molecule has 0 fully saturated rings. The smallest absolute Gasteiger partial charge is 0.188 e. The average molecular weight is 266 g/mol. The fourth-order valence-corrected chi connectivity index (χ4v) is 1.47. The standard InChI is InChI=1S/C13H22N4O2/c1-10(2)9-19-6-5-15-8-11-3-4-16-12(7-11)13(14)17-18/h3-4,7,10,15,18H,5-6,8-9H2,1-2H3,(H2,14,17). The zero-order valence-electron chi connectivity index (χ0n) is 11.5. The number of hydrogen-bond donors (Lipinski definition) is 3. The van der Waals surface area contributed by atoms with Crippen molar-refractivity contribution in [2.24, 2.45) is 16.8 Å². The summed E-state index contributed by atoms with van der Waals surface area (Å²) in [4.78, 5) is 4.02. The van der Waals surface area contributed by atoms with E-state index in [4.69, 9.17) is 15.7 Å². The molecule has 4 N–H and O–H groups in total. The first kappa shape index (κ1) is 15.4. The zero-order valence-corrected chi connectivity index (χ0v) is 11.5. The molecule has 0 aromatic carbocycles. The first-order valence-electron chi connectivity index (χ1n) is 6.34. The van der Waals surface area contributed by atoms with Crippen LogP contribution in [0.5, 0.6) is 0 Å². The predicted molar refractivity (Wildman–Crippen MR) is 74.1 cm³/mol. The van der Waals surface area contributed by atoms with E-state index in [2.05, 4.69) is 29.3 Å². The molecular formula is C13H22N4O2. The lowest BCUT2D eigenvalue weighted by Gasteiger charge is -2.08. The summed E-state index contributed by atoms with van der Waals surface area (Å²) in [6.45, 7) is 7.20. The molecule has 0 atom stereocenters. The van der Waals surface area contributed by atoms with Gasteiger partial charge >= 0.3 is 0 Å². The van der Waals surface area contributed by atoms with Gasteiger partial charge in [-0.2, -0.15) is 0 Å². The van der Waals surface area contributed by atoms with Gasteiger partial charge in [-0.3, -0.25) is 4.98 Å². The quantitative estimate of drug-likeness (QED) is 0.214. The van der Waals surface area contributed by atoms with Gasteiger partial charge in [0, 0.05) is 25.9 Å². The number of pyridine rings is 1. The van der Waals surface area contributed by atoms with Gasteiger partial charge < -0.3 is 21.0 Å². The molecule has 1 rings (SSSR count). The van der Waals surface area contributed by atoms with E-state index in [1.165, 1.54) is 0 Å². The Morgan fingerprint density at radius 3 is 3.05 bits per heavy atom. The molecule has 0 radical (unpaired) electrons. The van der Waals surface area contributed by atoms with Crippen molar-refractivity contribution in [1.29, 1.82) is 0 Å². The summed E-state index contributed by atoms with van der Waals surface area (Å²) in [5, 5.41) is 14.8. The van der Waals surface area contributed by atoms with Gasteiger partial charge in [-0.25, -0.2) is 0 Å². The van der Waals surface area contributed by atoms with Crippen molar-refractivity contribution < 1.29 is 9.94 Å². The molecule has 0 amide bonds. The second-order valence-corrected chi connectivity index (χ2v) is 4.68. The fourth-order valence-electron chi connectivity index (χ4n) is 1.47. The minimum Gasteiger partial charge on any atom is -0.409 e. The van der Waals surface area contributed by atoms with Crippen molar-refractivity contribution in [2.75, 3.05) is 19.8 Å². The molecular weight excluding hydrogens is 244 g/mol. The van der Waals surface area contributed by atoms with Crippen LogP contribution < -0.4 is 11.1 Å². The number of nitrogens with zero attached hydrogens (tertiary/aromatic N) is 2. The van der Waals surface area contributed by atoms with E-state index in [-0.39, 0.29) is 5.84 Å². The molecule has 1 aromatic heterocycles. The Labute approximate surface area is 113 Å². The summed E-state index contributed by atoms with van der Waals surface area (Å²) in [5.41, 5.74) is 6.98. The van der Waals surface area contributed by atoms with Crippen LogP contribution in [0.1, 0.15) is 25.1 Å². The highest BCUT2D eigenvalue weighted by Gasteiger charge is 2.02. The first-order valence-corrected chi connectivity index (χ1v) is 6.34. The second kappa shape index (κ2) is 8.44. The molecule has 0 aliphatic rings. The summed E-state index contributed by atoms with van der Waals surface area (Å²) in [7, 11) is 0. The molecule has 0 saturated heterocycles. The van der Waals surface area contributed by atoms with Crippen LogP contribution in [0, 0.1) is 5.92 Å². The van der Waals surface area contributed by atoms with E-state index in [0.29, 0.717) is 24.8 Å². The maximum absolute atomic E-state index is 8.59. The number of ether oxygens (including phenoxy) is 1. The van der Waals surface area contributed by atoms with Crippen molar-refractivity contribution in [3.8, 4) is 0 Å². The van der Waals surface area contributed by atoms with Gasteiger partial charge in [0.1, 0.15) is 5.69 Å². The zero-order chi connectivity index (χ0) is 14.1. The molecule has 0 bridgehead atoms. The lowest BCUT2D eigenvalue weighted by Crippen LogP contribution is -2.21. The van der Waals surface area contributed by atoms with Gasteiger partial charge in [0.15, 0.2) is 5.84 Å². The molecule has 0 spiro atoms. The summed E-state index contributed by atoms with van der Waals surface area (Å²) in [6, 6.07) is 3.67. The number of hydrogen-bond acceptors (Lipinski definition) is 5. The molecule has 19 heavy (non-hydrogen) atoms. The second-order valence-electron chi connectivity index (χ2n) is 4.68. The Morgan fingerprint density at radius 1 is 1.58 bits per heavy atom. The largest absolute Gasteiger partial charge is 0.409 e. The summed E-state index contributed by atoms with van der Waals surface area (Å²) < 4.78 is 5.47. The van der Waals surface area contributed by atoms with Crippen LogP contribution in [0.3, 0.4) is 0 Å². The molecule has 0 aliphatic heterocycles. The van der Waals surface area contributed by atoms with Crippen LogP contribution in [0.15, 0.2) is 23.5 Å². The van der Waals surface area contributed by atoms with Crippen LogP contribution in [0.2, 0.25) is 0 Å². The van der Waals surface area contributed by atoms with E-state index >= 15 is 0 Å². The summed E-state index contributed by atoms with van der Waals surface area (Å²) >= 11 is 0. The highest BCUT2D eigenvalue weighted by Crippen LogP contribution is 2.01. The van der Waals surface area contributed by atoms with E-state index in [1.807, 2.05) is 6.07 Å². The number of oxime groups is 1. The normalized spacial score (nSPS) is 12.1. The number of amidine groups is 1. The number of aromatic nitrogens is 1. The molecule has 6 nitrogen and oxygen atoms in total. The summed E-state index contributed by atoms with van der Waals surface area (Å²) in [5.74, 6) is 0.575. The first-order chi connectivity index (χ1) is 9.13. The highest BCUT2D eigenvalue weighted by atomic mass is 16.5. The Balaban J connectivity index is 2.30. The molecule has 0 aliphatic carbocycles. The lowest BCUT2D eigenvalue weighted by atomic mass is 10.2. The third-order valence-corrected chi connectivity index (χ3v) is 2.40. The molecule has 106 valence electrons. The molecule has 0 unspecified atom stereocenters. The number of rotatable bonds is 8. The SMILES string of the molecule is CC(C)COCCNCc1ccnc(/C(N)=N/O)c1. The van der Waals surface area contributed by atoms with Gasteiger partial charge in [0.25, 0.3) is 0 Å². The van der Waals surface area contributed by atoms with Crippen LogP contribution in [0.4, 0.5) is 0 Å². The topological polar surface area (TPSA) is 92.8 Å². The van der Waals surface area contributed by atoms with E-state index < -0.39 is 0 Å². The third-order valence-electron chi connectivity index (χ3n) is 2.40. The fraction of sp³-hybridized carbons (Fsp3) is 0.538. The molecule has 6 heteroatoms. The van der Waals surface area contributed by atoms with Crippen LogP contribution in [0.25, 0.3) is 0 Å². The van der Waals surface area contributed by atoms with Crippen LogP contribution >= 0.6 is 0 Å². The van der Waals surface area contributed by atoms with E-state index in [9.17, 15) is 0 Å². The van der Waals surface area contributed by atoms with Crippen molar-refractivity contribution in [1.82, 2.24) is 10.3 Å². The maximum atomic E-state index is 8.59. The minimum absolute atomic E-state index is 0.0158. The lowest BCUT2D eigenvalue weighted by molar-refractivity contribution is 0.111. The van der Waals surface area contributed by atoms with Crippen molar-refractivity contribution in [3.63, 3.8) is 0 Å². The Hall–Kier alpha value is -1.66. The van der Waals surface area contributed by atoms with Gasteiger partial charge in [-0.05, 0) is 23.6 Å². The molecule has 1 aromatic rings. The van der Waals surface area contributed by atoms with Crippen molar-refractivity contribution in [3.05, 3.63) is 29.6 Å². The number of nitrogens with two attached hydrogens (primary N) is 1. The van der Waals surface area contributed by atoms with Gasteiger partial charge in [-0.15, -0.1) is 0 Å². The van der Waals surface area contributed by atoms with Gasteiger partial charge in [-0.1, -0.05) is 19.0 Å². The predicted octanol–water partition coefficient (Wildman–Crippen LogP) is 0.938. The van der Waals surface area contributed by atoms with Crippen molar-refractivity contribution >= 4 is 5.84 Å². The van der Waals surface area contributed by atoms with Gasteiger partial charge in [0.2, 0.25) is 0 Å². The van der Waals surface area contributed by atoms with Crippen LogP contribution in [-0.2, 0) is 11.3 Å². The Bertz CT molecular complexity index is 407. The van der Waals surface area contributed by atoms with Crippen LogP contribution in [-0.4, -0.2) is 35.8 Å².